The van der Waals surface area contributed by atoms with Crippen molar-refractivity contribution in [3.63, 3.8) is 0 Å². The van der Waals surface area contributed by atoms with Gasteiger partial charge in [-0.05, 0) is 35.9 Å². The summed E-state index contributed by atoms with van der Waals surface area (Å²) in [6, 6.07) is 10.3. The Balaban J connectivity index is 1.65. The molecule has 134 valence electrons. The molecule has 1 atom stereocenters. The number of nitrogens with zero attached hydrogens (tertiary/aromatic N) is 2. The van der Waals surface area contributed by atoms with Crippen LogP contribution in [0.15, 0.2) is 48.8 Å². The molecule has 1 aliphatic heterocycles. The fourth-order valence-electron chi connectivity index (χ4n) is 2.89. The fraction of sp³-hybridized carbons (Fsp3) is 0.263. The molecule has 0 saturated carbocycles. The number of carbonyl (C=O) groups is 3. The maximum atomic E-state index is 12.4. The summed E-state index contributed by atoms with van der Waals surface area (Å²) < 4.78 is 4.70. The van der Waals surface area contributed by atoms with E-state index in [2.05, 4.69) is 10.3 Å². The van der Waals surface area contributed by atoms with E-state index in [1.165, 1.54) is 12.0 Å². The fourth-order valence-corrected chi connectivity index (χ4v) is 2.89. The summed E-state index contributed by atoms with van der Waals surface area (Å²) in [6.07, 6.45) is 3.47. The number of hydrogen-bond acceptors (Lipinski definition) is 5. The lowest BCUT2D eigenvalue weighted by molar-refractivity contribution is -0.126. The Morgan fingerprint density at radius 1 is 1.27 bits per heavy atom. The van der Waals surface area contributed by atoms with Gasteiger partial charge in [-0.25, -0.2) is 4.79 Å². The molecule has 2 amide bonds. The van der Waals surface area contributed by atoms with Gasteiger partial charge in [0.1, 0.15) is 0 Å². The molecule has 1 aliphatic rings. The van der Waals surface area contributed by atoms with Crippen LogP contribution in [0.25, 0.3) is 0 Å². The molecule has 7 heteroatoms. The standard InChI is InChI=1S/C19H19N3O4/c1-26-19(25)14-3-2-4-16(9-14)22-12-15(10-17(22)23)18(24)21-11-13-5-7-20-8-6-13/h2-9,15H,10-12H2,1H3,(H,21,24). The van der Waals surface area contributed by atoms with Crippen LogP contribution in [0.3, 0.4) is 0 Å². The van der Waals surface area contributed by atoms with Gasteiger partial charge in [0.05, 0.1) is 18.6 Å². The molecule has 2 aromatic rings. The van der Waals surface area contributed by atoms with Gasteiger partial charge >= 0.3 is 5.97 Å². The van der Waals surface area contributed by atoms with Gasteiger partial charge in [0, 0.05) is 37.6 Å². The van der Waals surface area contributed by atoms with Crippen LogP contribution in [0.5, 0.6) is 0 Å². The number of hydrogen-bond donors (Lipinski definition) is 1. The summed E-state index contributed by atoms with van der Waals surface area (Å²) in [5, 5.41) is 2.85. The van der Waals surface area contributed by atoms with Crippen LogP contribution in [0.1, 0.15) is 22.3 Å². The molecular weight excluding hydrogens is 334 g/mol. The third-order valence-electron chi connectivity index (χ3n) is 4.29. The number of pyridine rings is 1. The molecule has 0 spiro atoms. The molecule has 1 aromatic heterocycles. The van der Waals surface area contributed by atoms with E-state index in [4.69, 9.17) is 4.74 Å². The lowest BCUT2D eigenvalue weighted by Gasteiger charge is -2.17. The molecule has 1 fully saturated rings. The van der Waals surface area contributed by atoms with E-state index in [9.17, 15) is 14.4 Å². The Labute approximate surface area is 151 Å². The Morgan fingerprint density at radius 3 is 2.77 bits per heavy atom. The molecule has 3 rings (SSSR count). The van der Waals surface area contributed by atoms with Gasteiger partial charge in [-0.15, -0.1) is 0 Å². The zero-order chi connectivity index (χ0) is 18.5. The first kappa shape index (κ1) is 17.6. The van der Waals surface area contributed by atoms with Crippen molar-refractivity contribution in [2.24, 2.45) is 5.92 Å². The number of methoxy groups -OCH3 is 1. The van der Waals surface area contributed by atoms with Gasteiger partial charge < -0.3 is 15.0 Å². The number of amides is 2. The number of ether oxygens (including phenoxy) is 1. The van der Waals surface area contributed by atoms with E-state index in [1.807, 2.05) is 12.1 Å². The maximum absolute atomic E-state index is 12.4. The minimum atomic E-state index is -0.467. The second-order valence-electron chi connectivity index (χ2n) is 6.02. The highest BCUT2D eigenvalue weighted by Gasteiger charge is 2.35. The van der Waals surface area contributed by atoms with Crippen molar-refractivity contribution in [3.8, 4) is 0 Å². The van der Waals surface area contributed by atoms with E-state index in [-0.39, 0.29) is 24.8 Å². The smallest absolute Gasteiger partial charge is 0.337 e. The van der Waals surface area contributed by atoms with E-state index in [0.29, 0.717) is 17.8 Å². The zero-order valence-electron chi connectivity index (χ0n) is 14.3. The van der Waals surface area contributed by atoms with Gasteiger partial charge in [0.25, 0.3) is 0 Å². The van der Waals surface area contributed by atoms with Crippen LogP contribution in [0.4, 0.5) is 5.69 Å². The summed E-state index contributed by atoms with van der Waals surface area (Å²) in [5.41, 5.74) is 1.89. The molecule has 0 radical (unpaired) electrons. The zero-order valence-corrected chi connectivity index (χ0v) is 14.3. The molecule has 1 aromatic carbocycles. The average Bonchev–Trinajstić information content (AvgIpc) is 3.08. The molecule has 0 aliphatic carbocycles. The Hall–Kier alpha value is -3.22. The third-order valence-corrected chi connectivity index (χ3v) is 4.29. The number of benzene rings is 1. The minimum absolute atomic E-state index is 0.143. The van der Waals surface area contributed by atoms with Crippen LogP contribution in [0.2, 0.25) is 0 Å². The summed E-state index contributed by atoms with van der Waals surface area (Å²) in [7, 11) is 1.30. The van der Waals surface area contributed by atoms with Crippen LogP contribution in [0, 0.1) is 5.92 Å². The monoisotopic (exact) mass is 353 g/mol. The lowest BCUT2D eigenvalue weighted by atomic mass is 10.1. The van der Waals surface area contributed by atoms with Gasteiger partial charge in [-0.3, -0.25) is 14.6 Å². The van der Waals surface area contributed by atoms with E-state index in [1.54, 1.807) is 36.7 Å². The second kappa shape index (κ2) is 7.77. The Kier molecular flexibility index (Phi) is 5.26. The van der Waals surface area contributed by atoms with Gasteiger partial charge in [-0.2, -0.15) is 0 Å². The van der Waals surface area contributed by atoms with Gasteiger partial charge in [0.2, 0.25) is 11.8 Å². The molecule has 1 unspecified atom stereocenters. The van der Waals surface area contributed by atoms with Gasteiger partial charge in [0.15, 0.2) is 0 Å². The number of esters is 1. The van der Waals surface area contributed by atoms with E-state index in [0.717, 1.165) is 5.56 Å². The minimum Gasteiger partial charge on any atom is -0.465 e. The highest BCUT2D eigenvalue weighted by atomic mass is 16.5. The first-order valence-corrected chi connectivity index (χ1v) is 8.24. The second-order valence-corrected chi connectivity index (χ2v) is 6.02. The van der Waals surface area contributed by atoms with Crippen molar-refractivity contribution >= 4 is 23.5 Å². The molecule has 26 heavy (non-hydrogen) atoms. The van der Waals surface area contributed by atoms with Crippen molar-refractivity contribution in [2.75, 3.05) is 18.6 Å². The van der Waals surface area contributed by atoms with Crippen LogP contribution >= 0.6 is 0 Å². The van der Waals surface area contributed by atoms with Crippen molar-refractivity contribution in [1.29, 1.82) is 0 Å². The molecular formula is C19H19N3O4. The summed E-state index contributed by atoms with van der Waals surface area (Å²) in [5.74, 6) is -1.20. The SMILES string of the molecule is COC(=O)c1cccc(N2CC(C(=O)NCc3ccncc3)CC2=O)c1. The van der Waals surface area contributed by atoms with Crippen LogP contribution < -0.4 is 10.2 Å². The number of rotatable bonds is 5. The normalized spacial score (nSPS) is 16.4. The molecule has 1 saturated heterocycles. The van der Waals surface area contributed by atoms with Crippen molar-refractivity contribution in [3.05, 3.63) is 59.9 Å². The highest BCUT2D eigenvalue weighted by molar-refractivity contribution is 6.01. The van der Waals surface area contributed by atoms with Crippen LogP contribution in [-0.4, -0.2) is 36.4 Å². The number of carbonyl (C=O) groups excluding carboxylic acids is 3. The topological polar surface area (TPSA) is 88.6 Å². The number of aromatic nitrogens is 1. The average molecular weight is 353 g/mol. The molecule has 1 N–H and O–H groups in total. The predicted molar refractivity (Wildman–Crippen MR) is 94.3 cm³/mol. The largest absolute Gasteiger partial charge is 0.465 e. The van der Waals surface area contributed by atoms with Crippen molar-refractivity contribution in [1.82, 2.24) is 10.3 Å². The quantitative estimate of drug-likeness (QED) is 0.824. The Morgan fingerprint density at radius 2 is 2.04 bits per heavy atom. The van der Waals surface area contributed by atoms with E-state index < -0.39 is 11.9 Å². The lowest BCUT2D eigenvalue weighted by Crippen LogP contribution is -2.32. The first-order chi connectivity index (χ1) is 12.6. The highest BCUT2D eigenvalue weighted by Crippen LogP contribution is 2.26. The molecule has 7 nitrogen and oxygen atoms in total. The molecule has 2 heterocycles. The summed E-state index contributed by atoms with van der Waals surface area (Å²) >= 11 is 0. The maximum Gasteiger partial charge on any atom is 0.337 e. The molecule has 0 bridgehead atoms. The van der Waals surface area contributed by atoms with Crippen molar-refractivity contribution in [2.45, 2.75) is 13.0 Å². The van der Waals surface area contributed by atoms with Crippen LogP contribution in [-0.2, 0) is 20.9 Å². The van der Waals surface area contributed by atoms with Gasteiger partial charge in [-0.1, -0.05) is 6.07 Å². The predicted octanol–water partition coefficient (Wildman–Crippen LogP) is 1.54. The summed E-state index contributed by atoms with van der Waals surface area (Å²) in [6.45, 7) is 0.676. The Bertz CT molecular complexity index is 823. The summed E-state index contributed by atoms with van der Waals surface area (Å²) in [4.78, 5) is 41.8. The number of nitrogens with one attached hydrogen (secondary N) is 1. The first-order valence-electron chi connectivity index (χ1n) is 8.24. The third kappa shape index (κ3) is 3.88. The van der Waals surface area contributed by atoms with Crippen molar-refractivity contribution < 1.29 is 19.1 Å². The van der Waals surface area contributed by atoms with E-state index >= 15 is 0 Å². The number of anilines is 1.